The second-order valence-electron chi connectivity index (χ2n) is 5.80. The normalized spacial score (nSPS) is 12.4. The van der Waals surface area contributed by atoms with Gasteiger partial charge < -0.3 is 16.3 Å². The van der Waals surface area contributed by atoms with Crippen LogP contribution >= 0.6 is 0 Å². The number of hydrogen-bond acceptors (Lipinski definition) is 3. The maximum atomic E-state index is 8.72. The Labute approximate surface area is 122 Å². The van der Waals surface area contributed by atoms with E-state index in [9.17, 15) is 0 Å². The van der Waals surface area contributed by atoms with Gasteiger partial charge in [0.15, 0.2) is 0 Å². The molecule has 0 spiro atoms. The molecule has 20 heavy (non-hydrogen) atoms. The number of aryl methyl sites for hydroxylation is 1. The van der Waals surface area contributed by atoms with E-state index in [2.05, 4.69) is 41.7 Å². The number of amidine groups is 1. The van der Waals surface area contributed by atoms with Gasteiger partial charge in [-0.25, -0.2) is 0 Å². The maximum Gasteiger partial charge on any atom is 0.144 e. The van der Waals surface area contributed by atoms with Crippen LogP contribution in [0, 0.1) is 5.41 Å². The lowest BCUT2D eigenvalue weighted by molar-refractivity contribution is 0.304. The smallest absolute Gasteiger partial charge is 0.144 e. The average molecular weight is 277 g/mol. The van der Waals surface area contributed by atoms with Crippen molar-refractivity contribution in [3.8, 4) is 0 Å². The number of anilines is 1. The van der Waals surface area contributed by atoms with Gasteiger partial charge in [-0.15, -0.1) is 0 Å². The van der Waals surface area contributed by atoms with Crippen LogP contribution in [0.5, 0.6) is 0 Å². The van der Waals surface area contributed by atoms with Crippen LogP contribution in [-0.4, -0.2) is 17.6 Å². The molecule has 0 fully saturated rings. The van der Waals surface area contributed by atoms with Crippen LogP contribution in [0.4, 0.5) is 5.69 Å². The summed E-state index contributed by atoms with van der Waals surface area (Å²) >= 11 is 0. The molecule has 0 radical (unpaired) electrons. The molecular weight excluding hydrogens is 250 g/mol. The lowest BCUT2D eigenvalue weighted by atomic mass is 9.86. The maximum absolute atomic E-state index is 8.72. The third kappa shape index (κ3) is 5.11. The zero-order valence-corrected chi connectivity index (χ0v) is 12.8. The molecule has 0 saturated heterocycles. The van der Waals surface area contributed by atoms with Crippen LogP contribution in [0.2, 0.25) is 0 Å². The predicted molar refractivity (Wildman–Crippen MR) is 85.4 cm³/mol. The molecule has 0 saturated carbocycles. The molecule has 112 valence electrons. The fraction of sp³-hybridized carbons (Fsp3) is 0.562. The molecule has 1 aromatic carbocycles. The molecule has 4 N–H and O–H groups in total. The molecule has 4 nitrogen and oxygen atoms in total. The largest absolute Gasteiger partial charge is 0.409 e. The molecule has 0 bridgehead atoms. The summed E-state index contributed by atoms with van der Waals surface area (Å²) in [6.45, 7) is 7.10. The predicted octanol–water partition coefficient (Wildman–Crippen LogP) is 3.60. The van der Waals surface area contributed by atoms with E-state index in [1.165, 1.54) is 5.56 Å². The number of hydrogen-bond donors (Lipinski definition) is 3. The summed E-state index contributed by atoms with van der Waals surface area (Å²) in [5.74, 6) is 0.306. The van der Waals surface area contributed by atoms with Crippen LogP contribution in [0.15, 0.2) is 29.4 Å². The average Bonchev–Trinajstić information content (AvgIpc) is 2.46. The van der Waals surface area contributed by atoms with E-state index in [1.54, 1.807) is 0 Å². The van der Waals surface area contributed by atoms with Gasteiger partial charge in [0.1, 0.15) is 5.84 Å². The molecule has 0 unspecified atom stereocenters. The topological polar surface area (TPSA) is 70.6 Å². The minimum atomic E-state index is -0.239. The highest BCUT2D eigenvalue weighted by Gasteiger charge is 2.22. The minimum absolute atomic E-state index is 0.239. The molecule has 0 atom stereocenters. The van der Waals surface area contributed by atoms with Crippen LogP contribution in [0.25, 0.3) is 0 Å². The van der Waals surface area contributed by atoms with Crippen LogP contribution in [0.1, 0.15) is 45.6 Å². The van der Waals surface area contributed by atoms with Gasteiger partial charge in [0.05, 0.1) is 0 Å². The highest BCUT2D eigenvalue weighted by molar-refractivity contribution is 5.85. The van der Waals surface area contributed by atoms with Gasteiger partial charge in [0, 0.05) is 17.6 Å². The monoisotopic (exact) mass is 277 g/mol. The second-order valence-corrected chi connectivity index (χ2v) is 5.80. The Balaban J connectivity index is 2.25. The minimum Gasteiger partial charge on any atom is -0.409 e. The van der Waals surface area contributed by atoms with E-state index in [4.69, 9.17) is 10.9 Å². The first kappa shape index (κ1) is 16.3. The van der Waals surface area contributed by atoms with Crippen molar-refractivity contribution >= 4 is 11.5 Å². The SMILES string of the molecule is CCc1ccc(NCCCCC(C)(C)/C(N)=N/O)cc1. The fourth-order valence-electron chi connectivity index (χ4n) is 2.05. The third-order valence-electron chi connectivity index (χ3n) is 3.72. The molecule has 1 aromatic rings. The van der Waals surface area contributed by atoms with E-state index < -0.39 is 0 Å². The van der Waals surface area contributed by atoms with Gasteiger partial charge in [0.2, 0.25) is 0 Å². The first-order valence-electron chi connectivity index (χ1n) is 7.30. The van der Waals surface area contributed by atoms with E-state index in [0.717, 1.165) is 37.9 Å². The van der Waals surface area contributed by atoms with Crippen molar-refractivity contribution < 1.29 is 5.21 Å². The molecule has 1 rings (SSSR count). The van der Waals surface area contributed by atoms with Gasteiger partial charge in [-0.3, -0.25) is 0 Å². The van der Waals surface area contributed by atoms with Crippen molar-refractivity contribution in [2.75, 3.05) is 11.9 Å². The second kappa shape index (κ2) is 7.78. The van der Waals surface area contributed by atoms with Gasteiger partial charge in [-0.1, -0.05) is 44.5 Å². The quantitative estimate of drug-likeness (QED) is 0.223. The number of nitrogens with one attached hydrogen (secondary N) is 1. The summed E-state index contributed by atoms with van der Waals surface area (Å²) < 4.78 is 0. The lowest BCUT2D eigenvalue weighted by Crippen LogP contribution is -2.31. The van der Waals surface area contributed by atoms with Gasteiger partial charge in [0.25, 0.3) is 0 Å². The molecule has 0 aliphatic heterocycles. The standard InChI is InChI=1S/C16H27N3O/c1-4-13-7-9-14(10-8-13)18-12-6-5-11-16(2,3)15(17)19-20/h7-10,18,20H,4-6,11-12H2,1-3H3,(H2,17,19). The molecule has 0 amide bonds. The van der Waals surface area contributed by atoms with E-state index in [0.29, 0.717) is 5.84 Å². The van der Waals surface area contributed by atoms with Crippen molar-refractivity contribution in [1.29, 1.82) is 0 Å². The molecule has 0 heterocycles. The van der Waals surface area contributed by atoms with Crippen molar-refractivity contribution in [2.24, 2.45) is 16.3 Å². The van der Waals surface area contributed by atoms with Crippen molar-refractivity contribution in [1.82, 2.24) is 0 Å². The Bertz CT molecular complexity index is 424. The zero-order chi connectivity index (χ0) is 15.0. The summed E-state index contributed by atoms with van der Waals surface area (Å²) in [5.41, 5.74) is 7.95. The summed E-state index contributed by atoms with van der Waals surface area (Å²) in [6.07, 6.45) is 4.10. The van der Waals surface area contributed by atoms with E-state index in [1.807, 2.05) is 13.8 Å². The van der Waals surface area contributed by atoms with Gasteiger partial charge >= 0.3 is 0 Å². The Morgan fingerprint density at radius 1 is 1.25 bits per heavy atom. The van der Waals surface area contributed by atoms with Crippen molar-refractivity contribution in [3.63, 3.8) is 0 Å². The summed E-state index contributed by atoms with van der Waals surface area (Å²) in [6, 6.07) is 8.56. The number of nitrogens with zero attached hydrogens (tertiary/aromatic N) is 1. The van der Waals surface area contributed by atoms with E-state index in [-0.39, 0.29) is 5.41 Å². The van der Waals surface area contributed by atoms with Crippen molar-refractivity contribution in [2.45, 2.75) is 46.5 Å². The Morgan fingerprint density at radius 3 is 2.45 bits per heavy atom. The van der Waals surface area contributed by atoms with Gasteiger partial charge in [-0.05, 0) is 37.0 Å². The summed E-state index contributed by atoms with van der Waals surface area (Å²) in [7, 11) is 0. The fourth-order valence-corrected chi connectivity index (χ4v) is 2.05. The number of unbranched alkanes of at least 4 members (excludes halogenated alkanes) is 1. The first-order chi connectivity index (χ1) is 9.49. The molecular formula is C16H27N3O. The first-order valence-corrected chi connectivity index (χ1v) is 7.30. The highest BCUT2D eigenvalue weighted by Crippen LogP contribution is 2.23. The van der Waals surface area contributed by atoms with Crippen LogP contribution in [-0.2, 0) is 6.42 Å². The molecule has 0 aliphatic rings. The molecule has 4 heteroatoms. The molecule has 0 aliphatic carbocycles. The van der Waals surface area contributed by atoms with Crippen molar-refractivity contribution in [3.05, 3.63) is 29.8 Å². The number of rotatable bonds is 8. The van der Waals surface area contributed by atoms with Gasteiger partial charge in [-0.2, -0.15) is 0 Å². The number of oxime groups is 1. The Hall–Kier alpha value is -1.71. The summed E-state index contributed by atoms with van der Waals surface area (Å²) in [4.78, 5) is 0. The summed E-state index contributed by atoms with van der Waals surface area (Å²) in [5, 5.41) is 15.2. The highest BCUT2D eigenvalue weighted by atomic mass is 16.4. The van der Waals surface area contributed by atoms with E-state index >= 15 is 0 Å². The Kier molecular flexibility index (Phi) is 6.36. The molecule has 0 aromatic heterocycles. The number of nitrogens with two attached hydrogens (primary N) is 1. The lowest BCUT2D eigenvalue weighted by Gasteiger charge is -2.22. The van der Waals surface area contributed by atoms with Crippen LogP contribution in [0.3, 0.4) is 0 Å². The third-order valence-corrected chi connectivity index (χ3v) is 3.72. The number of benzene rings is 1. The van der Waals surface area contributed by atoms with Crippen LogP contribution < -0.4 is 11.1 Å². The Morgan fingerprint density at radius 2 is 1.90 bits per heavy atom. The zero-order valence-electron chi connectivity index (χ0n) is 12.8.